The highest BCUT2D eigenvalue weighted by Crippen LogP contribution is 2.24. The van der Waals surface area contributed by atoms with Crippen molar-refractivity contribution in [3.63, 3.8) is 0 Å². The molecular weight excluding hydrogens is 268 g/mol. The van der Waals surface area contributed by atoms with E-state index in [-0.39, 0.29) is 5.69 Å². The number of hydrogen-bond donors (Lipinski definition) is 2. The van der Waals surface area contributed by atoms with Gasteiger partial charge in [0.25, 0.3) is 5.69 Å². The Hall–Kier alpha value is -1.82. The Balaban J connectivity index is 1.77. The van der Waals surface area contributed by atoms with Crippen LogP contribution in [0.15, 0.2) is 18.2 Å². The minimum Gasteiger partial charge on any atom is -0.397 e. The predicted octanol–water partition coefficient (Wildman–Crippen LogP) is 2.85. The molecule has 0 bridgehead atoms. The summed E-state index contributed by atoms with van der Waals surface area (Å²) < 4.78 is 0. The van der Waals surface area contributed by atoms with Crippen LogP contribution in [-0.2, 0) is 0 Å². The number of nitrogen functional groups attached to an aromatic ring is 1. The molecule has 0 aliphatic carbocycles. The quantitative estimate of drug-likeness (QED) is 0.364. The zero-order valence-corrected chi connectivity index (χ0v) is 12.5. The smallest absolute Gasteiger partial charge is 0.271 e. The number of non-ortho nitro benzene ring substituents is 1. The minimum atomic E-state index is -0.433. The number of nitrogens with one attached hydrogen (secondary N) is 1. The molecule has 0 saturated carbocycles. The number of likely N-dealkylation sites (tertiary alicyclic amines) is 1. The number of benzene rings is 1. The van der Waals surface area contributed by atoms with Gasteiger partial charge in [0.2, 0.25) is 0 Å². The van der Waals surface area contributed by atoms with E-state index in [0.29, 0.717) is 11.7 Å². The van der Waals surface area contributed by atoms with Gasteiger partial charge in [-0.05, 0) is 38.8 Å². The summed E-state index contributed by atoms with van der Waals surface area (Å²) in [6.07, 6.45) is 4.98. The second-order valence-corrected chi connectivity index (χ2v) is 5.69. The Bertz CT molecular complexity index is 493. The van der Waals surface area contributed by atoms with E-state index >= 15 is 0 Å². The van der Waals surface area contributed by atoms with Crippen molar-refractivity contribution in [2.45, 2.75) is 38.6 Å². The van der Waals surface area contributed by atoms with Crippen molar-refractivity contribution in [3.05, 3.63) is 28.3 Å². The molecule has 1 unspecified atom stereocenters. The average molecular weight is 292 g/mol. The zero-order chi connectivity index (χ0) is 15.2. The van der Waals surface area contributed by atoms with Crippen molar-refractivity contribution >= 4 is 17.1 Å². The lowest BCUT2D eigenvalue weighted by Gasteiger charge is -2.33. The molecular formula is C15H24N4O2. The summed E-state index contributed by atoms with van der Waals surface area (Å²) in [5.41, 5.74) is 7.05. The lowest BCUT2D eigenvalue weighted by atomic mass is 10.0. The Morgan fingerprint density at radius 3 is 2.95 bits per heavy atom. The molecule has 1 saturated heterocycles. The van der Waals surface area contributed by atoms with Crippen LogP contribution in [0.25, 0.3) is 0 Å². The van der Waals surface area contributed by atoms with Gasteiger partial charge in [-0.1, -0.05) is 6.42 Å². The first-order valence-corrected chi connectivity index (χ1v) is 7.60. The summed E-state index contributed by atoms with van der Waals surface area (Å²) in [4.78, 5) is 12.8. The Labute approximate surface area is 125 Å². The topological polar surface area (TPSA) is 84.4 Å². The molecule has 1 atom stereocenters. The molecule has 1 heterocycles. The third-order valence-corrected chi connectivity index (χ3v) is 4.12. The third-order valence-electron chi connectivity index (χ3n) is 4.12. The highest BCUT2D eigenvalue weighted by molar-refractivity contribution is 5.69. The summed E-state index contributed by atoms with van der Waals surface area (Å²) in [6, 6.07) is 5.24. The number of anilines is 2. The maximum absolute atomic E-state index is 10.7. The second-order valence-electron chi connectivity index (χ2n) is 5.69. The molecule has 0 spiro atoms. The van der Waals surface area contributed by atoms with Crippen molar-refractivity contribution in [3.8, 4) is 0 Å². The Morgan fingerprint density at radius 1 is 1.48 bits per heavy atom. The predicted molar refractivity (Wildman–Crippen MR) is 85.5 cm³/mol. The van der Waals surface area contributed by atoms with Gasteiger partial charge in [0.05, 0.1) is 16.3 Å². The number of nitrogens with zero attached hydrogens (tertiary/aromatic N) is 2. The summed E-state index contributed by atoms with van der Waals surface area (Å²) >= 11 is 0. The van der Waals surface area contributed by atoms with Crippen molar-refractivity contribution in [1.29, 1.82) is 0 Å². The van der Waals surface area contributed by atoms with Gasteiger partial charge >= 0.3 is 0 Å². The number of rotatable bonds is 6. The van der Waals surface area contributed by atoms with Gasteiger partial charge in [-0.2, -0.15) is 0 Å². The summed E-state index contributed by atoms with van der Waals surface area (Å²) in [5.74, 6) is 0. The van der Waals surface area contributed by atoms with Gasteiger partial charge in [0.1, 0.15) is 0 Å². The van der Waals surface area contributed by atoms with Crippen LogP contribution in [0.1, 0.15) is 32.6 Å². The van der Waals surface area contributed by atoms with Gasteiger partial charge in [0.15, 0.2) is 0 Å². The Morgan fingerprint density at radius 2 is 2.29 bits per heavy atom. The van der Waals surface area contributed by atoms with Gasteiger partial charge < -0.3 is 16.0 Å². The molecule has 116 valence electrons. The second kappa shape index (κ2) is 7.26. The van der Waals surface area contributed by atoms with Crippen molar-refractivity contribution in [1.82, 2.24) is 4.90 Å². The fourth-order valence-corrected chi connectivity index (χ4v) is 2.82. The van der Waals surface area contributed by atoms with Crippen LogP contribution >= 0.6 is 0 Å². The van der Waals surface area contributed by atoms with Crippen LogP contribution in [0.4, 0.5) is 17.1 Å². The minimum absolute atomic E-state index is 0.0280. The van der Waals surface area contributed by atoms with E-state index in [0.717, 1.165) is 25.2 Å². The van der Waals surface area contributed by atoms with E-state index in [1.165, 1.54) is 37.9 Å². The van der Waals surface area contributed by atoms with Crippen LogP contribution in [0.5, 0.6) is 0 Å². The fraction of sp³-hybridized carbons (Fsp3) is 0.600. The van der Waals surface area contributed by atoms with Gasteiger partial charge in [0, 0.05) is 31.3 Å². The lowest BCUT2D eigenvalue weighted by molar-refractivity contribution is -0.384. The van der Waals surface area contributed by atoms with Crippen LogP contribution in [0, 0.1) is 10.1 Å². The molecule has 0 aromatic heterocycles. The van der Waals surface area contributed by atoms with Crippen LogP contribution < -0.4 is 11.1 Å². The van der Waals surface area contributed by atoms with E-state index in [9.17, 15) is 10.1 Å². The summed E-state index contributed by atoms with van der Waals surface area (Å²) in [7, 11) is 0. The largest absolute Gasteiger partial charge is 0.397 e. The van der Waals surface area contributed by atoms with Crippen molar-refractivity contribution < 1.29 is 4.92 Å². The number of piperidine rings is 1. The highest BCUT2D eigenvalue weighted by atomic mass is 16.6. The van der Waals surface area contributed by atoms with Gasteiger partial charge in [-0.15, -0.1) is 0 Å². The first-order chi connectivity index (χ1) is 10.1. The van der Waals surface area contributed by atoms with E-state index in [1.54, 1.807) is 6.07 Å². The average Bonchev–Trinajstić information content (AvgIpc) is 2.46. The van der Waals surface area contributed by atoms with E-state index in [4.69, 9.17) is 5.73 Å². The molecule has 1 fully saturated rings. The number of nitrogens with two attached hydrogens (primary N) is 1. The lowest BCUT2D eigenvalue weighted by Crippen LogP contribution is -2.38. The zero-order valence-electron chi connectivity index (χ0n) is 12.5. The standard InChI is InChI=1S/C15H24N4O2/c1-12-5-2-3-9-18(12)10-4-8-17-15-7-6-13(19(20)21)11-14(15)16/h6-7,11-12,17H,2-5,8-10,16H2,1H3. The number of nitro groups is 1. The molecule has 0 amide bonds. The first kappa shape index (κ1) is 15.6. The maximum atomic E-state index is 10.7. The van der Waals surface area contributed by atoms with Gasteiger partial charge in [-0.3, -0.25) is 10.1 Å². The molecule has 1 aliphatic rings. The van der Waals surface area contributed by atoms with E-state index in [1.807, 2.05) is 0 Å². The highest BCUT2D eigenvalue weighted by Gasteiger charge is 2.17. The van der Waals surface area contributed by atoms with Crippen molar-refractivity contribution in [2.75, 3.05) is 30.7 Å². The molecule has 3 N–H and O–H groups in total. The SMILES string of the molecule is CC1CCCCN1CCCNc1ccc([N+](=O)[O-])cc1N. The molecule has 6 nitrogen and oxygen atoms in total. The Kier molecular flexibility index (Phi) is 5.38. The van der Waals surface area contributed by atoms with Crippen LogP contribution in [0.3, 0.4) is 0 Å². The van der Waals surface area contributed by atoms with Crippen LogP contribution in [-0.4, -0.2) is 35.5 Å². The maximum Gasteiger partial charge on any atom is 0.271 e. The normalized spacial score (nSPS) is 19.4. The molecule has 0 radical (unpaired) electrons. The molecule has 1 aromatic rings. The van der Waals surface area contributed by atoms with E-state index in [2.05, 4.69) is 17.1 Å². The first-order valence-electron chi connectivity index (χ1n) is 7.60. The van der Waals surface area contributed by atoms with E-state index < -0.39 is 4.92 Å². The summed E-state index contributed by atoms with van der Waals surface area (Å²) in [6.45, 7) is 5.40. The summed E-state index contributed by atoms with van der Waals surface area (Å²) in [5, 5.41) is 13.9. The molecule has 21 heavy (non-hydrogen) atoms. The number of hydrogen-bond acceptors (Lipinski definition) is 5. The van der Waals surface area contributed by atoms with Crippen LogP contribution in [0.2, 0.25) is 0 Å². The molecule has 1 aromatic carbocycles. The molecule has 2 rings (SSSR count). The third kappa shape index (κ3) is 4.32. The number of nitro benzene ring substituents is 1. The molecule has 6 heteroatoms. The molecule has 1 aliphatic heterocycles. The van der Waals surface area contributed by atoms with Crippen molar-refractivity contribution in [2.24, 2.45) is 0 Å². The monoisotopic (exact) mass is 292 g/mol. The fourth-order valence-electron chi connectivity index (χ4n) is 2.82. The van der Waals surface area contributed by atoms with Gasteiger partial charge in [-0.25, -0.2) is 0 Å².